The Morgan fingerprint density at radius 3 is 2.33 bits per heavy atom. The Morgan fingerprint density at radius 1 is 1.07 bits per heavy atom. The molecule has 220 valence electrons. The fourth-order valence-corrected chi connectivity index (χ4v) is 8.18. The van der Waals surface area contributed by atoms with Crippen LogP contribution in [0.15, 0.2) is 47.4 Å². The lowest BCUT2D eigenvalue weighted by Crippen LogP contribution is -2.45. The Morgan fingerprint density at radius 2 is 1.70 bits per heavy atom. The van der Waals surface area contributed by atoms with Gasteiger partial charge in [0.15, 0.2) is 0 Å². The largest absolute Gasteiger partial charge is 0.379 e. The smallest absolute Gasteiger partial charge is 0.246 e. The number of morpholine rings is 1. The quantitative estimate of drug-likeness (QED) is 0.350. The number of carbonyl (C=O) groups is 1. The first-order valence-corrected chi connectivity index (χ1v) is 16.1. The summed E-state index contributed by atoms with van der Waals surface area (Å²) in [5.41, 5.74) is 1.35. The number of ether oxygens (including phenoxy) is 2. The lowest BCUT2D eigenvalue weighted by molar-refractivity contribution is -0.126. The molecule has 0 bridgehead atoms. The normalized spacial score (nSPS) is 21.3. The average molecular weight is 633 g/mol. The van der Waals surface area contributed by atoms with Crippen LogP contribution in [0.3, 0.4) is 0 Å². The first-order chi connectivity index (χ1) is 19.2. The van der Waals surface area contributed by atoms with Crippen LogP contribution >= 0.6 is 34.8 Å². The van der Waals surface area contributed by atoms with Crippen molar-refractivity contribution in [2.24, 2.45) is 5.92 Å². The molecule has 4 rings (SSSR count). The van der Waals surface area contributed by atoms with Gasteiger partial charge in [-0.15, -0.1) is 0 Å². The second kappa shape index (κ2) is 14.6. The Labute approximate surface area is 251 Å². The molecule has 8 nitrogen and oxygen atoms in total. The molecular weight excluding hydrogens is 597 g/mol. The van der Waals surface area contributed by atoms with Gasteiger partial charge in [-0.1, -0.05) is 65.1 Å². The summed E-state index contributed by atoms with van der Waals surface area (Å²) in [7, 11) is -2.56. The highest BCUT2D eigenvalue weighted by molar-refractivity contribution is 7.89. The Hall–Kier alpha value is -1.43. The van der Waals surface area contributed by atoms with E-state index in [9.17, 15) is 13.2 Å². The van der Waals surface area contributed by atoms with E-state index in [1.54, 1.807) is 0 Å². The molecule has 40 heavy (non-hydrogen) atoms. The van der Waals surface area contributed by atoms with Crippen LogP contribution in [0.4, 0.5) is 0 Å². The molecule has 1 atom stereocenters. The predicted octanol–water partition coefficient (Wildman–Crippen LogP) is 5.03. The molecule has 1 unspecified atom stereocenters. The average Bonchev–Trinajstić information content (AvgIpc) is 2.92. The molecule has 2 fully saturated rings. The highest BCUT2D eigenvalue weighted by atomic mass is 35.5. The number of hydrogen-bond acceptors (Lipinski definition) is 6. The second-order valence-corrected chi connectivity index (χ2v) is 13.5. The standard InChI is InChI=1S/C28H36Cl3N3O5S/c1-33(40(36,37)28-24(30)17-22(29)18-25(28)31)11-14-39-19-26(35)32-23-9-7-21(8-10-23)27(20-5-3-2-4-6-20)34-12-15-38-16-13-34/h2-6,17-18,21,23,27H,7-16,19H2,1H3,(H,32,35). The van der Waals surface area contributed by atoms with Crippen LogP contribution in [0.5, 0.6) is 0 Å². The predicted molar refractivity (Wildman–Crippen MR) is 158 cm³/mol. The zero-order valence-electron chi connectivity index (χ0n) is 22.5. The molecule has 0 spiro atoms. The molecule has 12 heteroatoms. The van der Waals surface area contributed by atoms with Crippen LogP contribution in [0, 0.1) is 5.92 Å². The summed E-state index contributed by atoms with van der Waals surface area (Å²) in [5, 5.41) is 3.22. The van der Waals surface area contributed by atoms with Crippen LogP contribution in [0.2, 0.25) is 15.1 Å². The molecule has 0 radical (unpaired) electrons. The number of halogens is 3. The van der Waals surface area contributed by atoms with E-state index in [0.717, 1.165) is 56.3 Å². The van der Waals surface area contributed by atoms with Crippen molar-refractivity contribution in [2.45, 2.75) is 42.7 Å². The lowest BCUT2D eigenvalue weighted by Gasteiger charge is -2.42. The van der Waals surface area contributed by atoms with Gasteiger partial charge in [-0.3, -0.25) is 9.69 Å². The van der Waals surface area contributed by atoms with Crippen molar-refractivity contribution in [3.63, 3.8) is 0 Å². The number of hydrogen-bond donors (Lipinski definition) is 1. The highest BCUT2D eigenvalue weighted by Crippen LogP contribution is 2.39. The molecule has 1 heterocycles. The van der Waals surface area contributed by atoms with Crippen molar-refractivity contribution in [1.29, 1.82) is 0 Å². The van der Waals surface area contributed by atoms with E-state index in [0.29, 0.717) is 12.0 Å². The number of nitrogens with one attached hydrogen (secondary N) is 1. The van der Waals surface area contributed by atoms with Crippen molar-refractivity contribution >= 4 is 50.7 Å². The first-order valence-electron chi connectivity index (χ1n) is 13.5. The SMILES string of the molecule is CN(CCOCC(=O)NC1CCC(C(c2ccccc2)N2CCOCC2)CC1)S(=O)(=O)c1c(Cl)cc(Cl)cc1Cl. The van der Waals surface area contributed by atoms with Crippen molar-refractivity contribution in [2.75, 3.05) is 53.1 Å². The minimum Gasteiger partial charge on any atom is -0.379 e. The van der Waals surface area contributed by atoms with Crippen LogP contribution < -0.4 is 5.32 Å². The van der Waals surface area contributed by atoms with Crippen molar-refractivity contribution < 1.29 is 22.7 Å². The van der Waals surface area contributed by atoms with E-state index in [1.807, 2.05) is 0 Å². The molecule has 2 aliphatic rings. The lowest BCUT2D eigenvalue weighted by atomic mass is 9.78. The number of rotatable bonds is 11. The van der Waals surface area contributed by atoms with Gasteiger partial charge in [0.1, 0.15) is 11.5 Å². The molecule has 1 aliphatic heterocycles. The number of amides is 1. The van der Waals surface area contributed by atoms with Crippen LogP contribution in [-0.2, 0) is 24.3 Å². The molecule has 1 aliphatic carbocycles. The molecule has 1 N–H and O–H groups in total. The molecule has 2 aromatic rings. The summed E-state index contributed by atoms with van der Waals surface area (Å²) in [6.07, 6.45) is 3.88. The molecule has 1 saturated carbocycles. The molecular formula is C28H36Cl3N3O5S. The molecule has 2 aromatic carbocycles. The zero-order valence-corrected chi connectivity index (χ0v) is 25.6. The van der Waals surface area contributed by atoms with Crippen molar-refractivity contribution in [3.05, 3.63) is 63.1 Å². The third-order valence-electron chi connectivity index (χ3n) is 7.58. The monoisotopic (exact) mass is 631 g/mol. The number of nitrogens with zero attached hydrogens (tertiary/aromatic N) is 2. The molecule has 1 amide bonds. The van der Waals surface area contributed by atoms with Crippen molar-refractivity contribution in [1.82, 2.24) is 14.5 Å². The van der Waals surface area contributed by atoms with E-state index in [4.69, 9.17) is 44.3 Å². The number of carbonyl (C=O) groups excluding carboxylic acids is 1. The van der Waals surface area contributed by atoms with Crippen molar-refractivity contribution in [3.8, 4) is 0 Å². The van der Waals surface area contributed by atoms with Gasteiger partial charge in [0.25, 0.3) is 0 Å². The highest BCUT2D eigenvalue weighted by Gasteiger charge is 2.33. The Balaban J connectivity index is 1.21. The van der Waals surface area contributed by atoms with E-state index in [1.165, 1.54) is 24.7 Å². The van der Waals surface area contributed by atoms with Gasteiger partial charge in [-0.25, -0.2) is 8.42 Å². The summed E-state index contributed by atoms with van der Waals surface area (Å²) in [4.78, 5) is 14.9. The third-order valence-corrected chi connectivity index (χ3v) is 10.6. The Kier molecular flexibility index (Phi) is 11.5. The van der Waals surface area contributed by atoms with Gasteiger partial charge >= 0.3 is 0 Å². The maximum absolute atomic E-state index is 12.9. The van der Waals surface area contributed by atoms with Gasteiger partial charge in [-0.05, 0) is 49.3 Å². The first kappa shape index (κ1) is 31.5. The maximum Gasteiger partial charge on any atom is 0.246 e. The third kappa shape index (κ3) is 8.10. The summed E-state index contributed by atoms with van der Waals surface area (Å²) in [5.74, 6) is 0.315. The topological polar surface area (TPSA) is 88.2 Å². The van der Waals surface area contributed by atoms with E-state index in [-0.39, 0.29) is 51.7 Å². The van der Waals surface area contributed by atoms with Gasteiger partial charge < -0.3 is 14.8 Å². The zero-order chi connectivity index (χ0) is 28.7. The van der Waals surface area contributed by atoms with E-state index >= 15 is 0 Å². The van der Waals surface area contributed by atoms with E-state index < -0.39 is 10.0 Å². The summed E-state index contributed by atoms with van der Waals surface area (Å²) < 4.78 is 38.0. The second-order valence-electron chi connectivity index (χ2n) is 10.3. The molecule has 1 saturated heterocycles. The minimum absolute atomic E-state index is 0.0262. The van der Waals surface area contributed by atoms with Crippen LogP contribution in [0.25, 0.3) is 0 Å². The van der Waals surface area contributed by atoms with Gasteiger partial charge in [0, 0.05) is 43.8 Å². The minimum atomic E-state index is -3.96. The van der Waals surface area contributed by atoms with Gasteiger partial charge in [0.2, 0.25) is 15.9 Å². The number of sulfonamides is 1. The fourth-order valence-electron chi connectivity index (χ4n) is 5.54. The Bertz CT molecular complexity index is 1210. The van der Waals surface area contributed by atoms with Crippen LogP contribution in [0.1, 0.15) is 37.3 Å². The fraction of sp³-hybridized carbons (Fsp3) is 0.536. The number of benzene rings is 2. The van der Waals surface area contributed by atoms with Gasteiger partial charge in [-0.2, -0.15) is 4.31 Å². The van der Waals surface area contributed by atoms with Gasteiger partial charge in [0.05, 0.1) is 29.9 Å². The molecule has 0 aromatic heterocycles. The number of likely N-dealkylation sites (N-methyl/N-ethyl adjacent to an activating group) is 1. The summed E-state index contributed by atoms with van der Waals surface area (Å²) >= 11 is 18.1. The van der Waals surface area contributed by atoms with E-state index in [2.05, 4.69) is 40.5 Å². The maximum atomic E-state index is 12.9. The summed E-state index contributed by atoms with van der Waals surface area (Å²) in [6, 6.07) is 13.8. The van der Waals surface area contributed by atoms with Crippen LogP contribution in [-0.4, -0.2) is 82.7 Å². The summed E-state index contributed by atoms with van der Waals surface area (Å²) in [6.45, 7) is 3.32.